The summed E-state index contributed by atoms with van der Waals surface area (Å²) in [4.78, 5) is 14.3. The molecule has 1 fully saturated rings. The quantitative estimate of drug-likeness (QED) is 0.615. The second kappa shape index (κ2) is 4.82. The van der Waals surface area contributed by atoms with Crippen LogP contribution in [0.25, 0.3) is 0 Å². The molecule has 0 aromatic heterocycles. The Kier molecular flexibility index (Phi) is 3.15. The SMILES string of the molecule is COC(=O)[C@@H]1C2C=CC(C2)N1[C@@H](C)c1ccccc1. The minimum Gasteiger partial charge on any atom is -0.468 e. The maximum atomic E-state index is 12.1. The molecule has 2 aliphatic rings. The fourth-order valence-electron chi connectivity index (χ4n) is 3.44. The highest BCUT2D eigenvalue weighted by Gasteiger charge is 2.48. The highest BCUT2D eigenvalue weighted by atomic mass is 16.5. The van der Waals surface area contributed by atoms with Crippen molar-refractivity contribution in [2.75, 3.05) is 7.11 Å². The molecule has 1 aromatic carbocycles. The molecule has 100 valence electrons. The lowest BCUT2D eigenvalue weighted by atomic mass is 9.99. The summed E-state index contributed by atoms with van der Waals surface area (Å²) in [7, 11) is 1.48. The van der Waals surface area contributed by atoms with E-state index in [4.69, 9.17) is 4.74 Å². The first-order valence-electron chi connectivity index (χ1n) is 6.81. The summed E-state index contributed by atoms with van der Waals surface area (Å²) in [5.74, 6) is 0.197. The molecule has 0 N–H and O–H groups in total. The lowest BCUT2D eigenvalue weighted by Gasteiger charge is -2.35. The van der Waals surface area contributed by atoms with Crippen LogP contribution in [0.15, 0.2) is 42.5 Å². The Morgan fingerprint density at radius 1 is 1.32 bits per heavy atom. The van der Waals surface area contributed by atoms with Gasteiger partial charge in [-0.3, -0.25) is 9.69 Å². The lowest BCUT2D eigenvalue weighted by molar-refractivity contribution is -0.148. The van der Waals surface area contributed by atoms with E-state index in [2.05, 4.69) is 36.1 Å². The van der Waals surface area contributed by atoms with Crippen LogP contribution in [0.3, 0.4) is 0 Å². The average Bonchev–Trinajstić information content (AvgIpc) is 3.07. The minimum absolute atomic E-state index is 0.111. The smallest absolute Gasteiger partial charge is 0.323 e. The number of likely N-dealkylation sites (tertiary alicyclic amines) is 1. The number of hydrogen-bond acceptors (Lipinski definition) is 3. The standard InChI is InChI=1S/C16H19NO2/c1-11(12-6-4-3-5-7-12)17-14-9-8-13(10-14)15(17)16(18)19-2/h3-9,11,13-15H,10H2,1-2H3/t11-,13?,14?,15-/m0/s1. The third-order valence-corrected chi connectivity index (χ3v) is 4.38. The third-order valence-electron chi connectivity index (χ3n) is 4.38. The molecule has 0 saturated carbocycles. The van der Waals surface area contributed by atoms with Crippen molar-refractivity contribution in [3.8, 4) is 0 Å². The molecule has 1 aromatic rings. The number of hydrogen-bond donors (Lipinski definition) is 0. The number of carbonyl (C=O) groups excluding carboxylic acids is 1. The fraction of sp³-hybridized carbons (Fsp3) is 0.438. The van der Waals surface area contributed by atoms with Gasteiger partial charge in [0.1, 0.15) is 6.04 Å². The number of fused-ring (bicyclic) bond motifs is 2. The van der Waals surface area contributed by atoms with Gasteiger partial charge in [-0.1, -0.05) is 42.5 Å². The lowest BCUT2D eigenvalue weighted by Crippen LogP contribution is -2.45. The van der Waals surface area contributed by atoms with Gasteiger partial charge in [0.05, 0.1) is 7.11 Å². The monoisotopic (exact) mass is 257 g/mol. The van der Waals surface area contributed by atoms with Crippen molar-refractivity contribution >= 4 is 5.97 Å². The van der Waals surface area contributed by atoms with Crippen molar-refractivity contribution in [1.82, 2.24) is 4.90 Å². The van der Waals surface area contributed by atoms with E-state index in [1.807, 2.05) is 18.2 Å². The molecule has 3 nitrogen and oxygen atoms in total. The van der Waals surface area contributed by atoms with Crippen LogP contribution in [0.4, 0.5) is 0 Å². The summed E-state index contributed by atoms with van der Waals surface area (Å²) < 4.78 is 4.99. The summed E-state index contributed by atoms with van der Waals surface area (Å²) in [6.07, 6.45) is 5.43. The van der Waals surface area contributed by atoms with E-state index in [1.54, 1.807) is 0 Å². The van der Waals surface area contributed by atoms with E-state index in [1.165, 1.54) is 12.7 Å². The number of rotatable bonds is 3. The number of benzene rings is 1. The number of carbonyl (C=O) groups is 1. The van der Waals surface area contributed by atoms with E-state index in [0.29, 0.717) is 12.0 Å². The molecule has 0 spiro atoms. The van der Waals surface area contributed by atoms with Gasteiger partial charge in [0.25, 0.3) is 0 Å². The molecule has 2 unspecified atom stereocenters. The zero-order valence-corrected chi connectivity index (χ0v) is 11.3. The van der Waals surface area contributed by atoms with Crippen LogP contribution in [0.2, 0.25) is 0 Å². The van der Waals surface area contributed by atoms with Gasteiger partial charge in [0.2, 0.25) is 0 Å². The van der Waals surface area contributed by atoms with Crippen molar-refractivity contribution in [2.24, 2.45) is 5.92 Å². The third kappa shape index (κ3) is 1.98. The predicted molar refractivity (Wildman–Crippen MR) is 73.5 cm³/mol. The average molecular weight is 257 g/mol. The van der Waals surface area contributed by atoms with Crippen molar-refractivity contribution in [3.05, 3.63) is 48.0 Å². The predicted octanol–water partition coefficient (Wildman–Crippen LogP) is 2.55. The largest absolute Gasteiger partial charge is 0.468 e. The van der Waals surface area contributed by atoms with Crippen LogP contribution in [0.5, 0.6) is 0 Å². The van der Waals surface area contributed by atoms with E-state index in [9.17, 15) is 4.79 Å². The minimum atomic E-state index is -0.129. The molecule has 1 saturated heterocycles. The second-order valence-corrected chi connectivity index (χ2v) is 5.35. The van der Waals surface area contributed by atoms with Gasteiger partial charge in [-0.15, -0.1) is 0 Å². The Morgan fingerprint density at radius 2 is 2.05 bits per heavy atom. The molecule has 19 heavy (non-hydrogen) atoms. The van der Waals surface area contributed by atoms with Crippen molar-refractivity contribution in [2.45, 2.75) is 31.5 Å². The summed E-state index contributed by atoms with van der Waals surface area (Å²) >= 11 is 0. The van der Waals surface area contributed by atoms with Crippen molar-refractivity contribution in [1.29, 1.82) is 0 Å². The molecule has 0 radical (unpaired) electrons. The number of methoxy groups -OCH3 is 1. The molecular formula is C16H19NO2. The van der Waals surface area contributed by atoms with Gasteiger partial charge in [-0.25, -0.2) is 0 Å². The van der Waals surface area contributed by atoms with Gasteiger partial charge in [0.15, 0.2) is 0 Å². The first-order valence-corrected chi connectivity index (χ1v) is 6.81. The van der Waals surface area contributed by atoms with Gasteiger partial charge < -0.3 is 4.74 Å². The van der Waals surface area contributed by atoms with E-state index >= 15 is 0 Å². The van der Waals surface area contributed by atoms with Crippen LogP contribution in [-0.2, 0) is 9.53 Å². The summed E-state index contributed by atoms with van der Waals surface area (Å²) in [5, 5.41) is 0. The fourth-order valence-corrected chi connectivity index (χ4v) is 3.44. The number of esters is 1. The first-order chi connectivity index (χ1) is 9.22. The van der Waals surface area contributed by atoms with Crippen LogP contribution < -0.4 is 0 Å². The molecule has 1 heterocycles. The Labute approximate surface area is 113 Å². The molecule has 4 atom stereocenters. The zero-order chi connectivity index (χ0) is 13.4. The molecule has 2 bridgehead atoms. The van der Waals surface area contributed by atoms with Gasteiger partial charge in [0, 0.05) is 18.0 Å². The van der Waals surface area contributed by atoms with Gasteiger partial charge in [-0.05, 0) is 18.9 Å². The van der Waals surface area contributed by atoms with Gasteiger partial charge >= 0.3 is 5.97 Å². The normalized spacial score (nSPS) is 30.5. The van der Waals surface area contributed by atoms with Crippen LogP contribution in [0, 0.1) is 5.92 Å². The summed E-state index contributed by atoms with van der Waals surface area (Å²) in [5.41, 5.74) is 1.25. The molecule has 0 amide bonds. The molecule has 1 aliphatic carbocycles. The zero-order valence-electron chi connectivity index (χ0n) is 11.3. The Hall–Kier alpha value is -1.61. The van der Waals surface area contributed by atoms with Crippen LogP contribution >= 0.6 is 0 Å². The number of nitrogens with zero attached hydrogens (tertiary/aromatic N) is 1. The van der Waals surface area contributed by atoms with Crippen molar-refractivity contribution < 1.29 is 9.53 Å². The Balaban J connectivity index is 1.90. The Morgan fingerprint density at radius 3 is 2.74 bits per heavy atom. The molecule has 1 aliphatic heterocycles. The highest BCUT2D eigenvalue weighted by Crippen LogP contribution is 2.42. The van der Waals surface area contributed by atoms with E-state index < -0.39 is 0 Å². The maximum Gasteiger partial charge on any atom is 0.323 e. The van der Waals surface area contributed by atoms with Crippen LogP contribution in [-0.4, -0.2) is 30.1 Å². The summed E-state index contributed by atoms with van der Waals surface area (Å²) in [6.45, 7) is 2.17. The van der Waals surface area contributed by atoms with Crippen molar-refractivity contribution in [3.63, 3.8) is 0 Å². The number of ether oxygens (including phenoxy) is 1. The maximum absolute atomic E-state index is 12.1. The van der Waals surface area contributed by atoms with E-state index in [-0.39, 0.29) is 18.1 Å². The molecular weight excluding hydrogens is 238 g/mol. The molecule has 3 heteroatoms. The summed E-state index contributed by atoms with van der Waals surface area (Å²) in [6, 6.07) is 10.8. The first kappa shape index (κ1) is 12.4. The highest BCUT2D eigenvalue weighted by molar-refractivity contribution is 5.77. The Bertz CT molecular complexity index is 497. The topological polar surface area (TPSA) is 29.5 Å². The van der Waals surface area contributed by atoms with E-state index in [0.717, 1.165) is 6.42 Å². The second-order valence-electron chi connectivity index (χ2n) is 5.35. The van der Waals surface area contributed by atoms with Gasteiger partial charge in [-0.2, -0.15) is 0 Å². The van der Waals surface area contributed by atoms with Crippen LogP contribution in [0.1, 0.15) is 24.9 Å². The molecule has 3 rings (SSSR count).